The Balaban J connectivity index is 3.01. The first-order chi connectivity index (χ1) is 6.13. The number of aromatic amines is 1. The summed E-state index contributed by atoms with van der Waals surface area (Å²) < 4.78 is 0.488. The summed E-state index contributed by atoms with van der Waals surface area (Å²) in [6.07, 6.45) is 1.71. The van der Waals surface area contributed by atoms with Crippen molar-refractivity contribution in [1.82, 2.24) is 9.97 Å². The molecule has 0 aromatic carbocycles. The van der Waals surface area contributed by atoms with Crippen molar-refractivity contribution < 1.29 is 0 Å². The van der Waals surface area contributed by atoms with Crippen LogP contribution in [-0.2, 0) is 0 Å². The van der Waals surface area contributed by atoms with Crippen LogP contribution in [0.15, 0.2) is 6.20 Å². The Kier molecular flexibility index (Phi) is 3.25. The van der Waals surface area contributed by atoms with Crippen LogP contribution >= 0.6 is 12.2 Å². The molecule has 0 bridgehead atoms. The van der Waals surface area contributed by atoms with Crippen molar-refractivity contribution in [2.24, 2.45) is 0 Å². The summed E-state index contributed by atoms with van der Waals surface area (Å²) in [6, 6.07) is 0.361. The van der Waals surface area contributed by atoms with E-state index in [1.165, 1.54) is 0 Å². The molecule has 0 unspecified atom stereocenters. The number of nitrogens with one attached hydrogen (secondary N) is 3. The van der Waals surface area contributed by atoms with Crippen molar-refractivity contribution in [3.8, 4) is 0 Å². The largest absolute Gasteiger partial charge is 0.384 e. The molecule has 72 valence electrons. The molecule has 0 aliphatic carbocycles. The van der Waals surface area contributed by atoms with Gasteiger partial charge < -0.3 is 15.6 Å². The first kappa shape index (κ1) is 9.98. The van der Waals surface area contributed by atoms with Crippen LogP contribution in [-0.4, -0.2) is 23.1 Å². The SMILES string of the molecule is CNc1cnc(=S)[nH]c1NC(C)C. The van der Waals surface area contributed by atoms with E-state index < -0.39 is 0 Å². The number of aromatic nitrogens is 2. The van der Waals surface area contributed by atoms with Crippen LogP contribution in [0.5, 0.6) is 0 Å². The number of hydrogen-bond acceptors (Lipinski definition) is 4. The molecule has 0 aliphatic heterocycles. The summed E-state index contributed by atoms with van der Waals surface area (Å²) in [5.74, 6) is 0.887. The fourth-order valence-corrected chi connectivity index (χ4v) is 1.14. The second-order valence-corrected chi connectivity index (χ2v) is 3.41. The van der Waals surface area contributed by atoms with Gasteiger partial charge in [-0.3, -0.25) is 0 Å². The fraction of sp³-hybridized carbons (Fsp3) is 0.500. The van der Waals surface area contributed by atoms with Gasteiger partial charge in [0.25, 0.3) is 0 Å². The monoisotopic (exact) mass is 198 g/mol. The van der Waals surface area contributed by atoms with E-state index in [9.17, 15) is 0 Å². The molecule has 0 radical (unpaired) electrons. The molecule has 4 nitrogen and oxygen atoms in total. The summed E-state index contributed by atoms with van der Waals surface area (Å²) in [4.78, 5) is 6.96. The van der Waals surface area contributed by atoms with E-state index in [0.717, 1.165) is 11.5 Å². The Labute approximate surface area is 82.8 Å². The molecular formula is C8H14N4S. The maximum absolute atomic E-state index is 4.93. The highest BCUT2D eigenvalue weighted by Crippen LogP contribution is 2.16. The Morgan fingerprint density at radius 2 is 2.23 bits per heavy atom. The molecule has 0 amide bonds. The fourth-order valence-electron chi connectivity index (χ4n) is 0.986. The van der Waals surface area contributed by atoms with Gasteiger partial charge >= 0.3 is 0 Å². The van der Waals surface area contributed by atoms with Crippen LogP contribution in [0, 0.1) is 4.77 Å². The van der Waals surface area contributed by atoms with Crippen molar-refractivity contribution in [1.29, 1.82) is 0 Å². The summed E-state index contributed by atoms with van der Waals surface area (Å²) in [5.41, 5.74) is 0.919. The second kappa shape index (κ2) is 4.23. The van der Waals surface area contributed by atoms with Gasteiger partial charge in [0.05, 0.1) is 11.9 Å². The molecule has 0 aliphatic rings. The zero-order valence-electron chi connectivity index (χ0n) is 8.01. The molecule has 1 aromatic heterocycles. The predicted octanol–water partition coefficient (Wildman–Crippen LogP) is 2.00. The minimum absolute atomic E-state index is 0.361. The molecule has 1 heterocycles. The van der Waals surface area contributed by atoms with Crippen LogP contribution in [0.3, 0.4) is 0 Å². The topological polar surface area (TPSA) is 52.7 Å². The molecule has 0 spiro atoms. The average Bonchev–Trinajstić information content (AvgIpc) is 2.03. The lowest BCUT2D eigenvalue weighted by Crippen LogP contribution is -2.13. The minimum Gasteiger partial charge on any atom is -0.384 e. The van der Waals surface area contributed by atoms with Gasteiger partial charge in [0, 0.05) is 13.1 Å². The van der Waals surface area contributed by atoms with Crippen molar-refractivity contribution >= 4 is 23.7 Å². The highest BCUT2D eigenvalue weighted by molar-refractivity contribution is 7.71. The van der Waals surface area contributed by atoms with Crippen molar-refractivity contribution in [2.75, 3.05) is 17.7 Å². The Morgan fingerprint density at radius 1 is 1.54 bits per heavy atom. The van der Waals surface area contributed by atoms with E-state index in [0.29, 0.717) is 10.8 Å². The molecule has 3 N–H and O–H groups in total. The predicted molar refractivity (Wildman–Crippen MR) is 57.7 cm³/mol. The van der Waals surface area contributed by atoms with Gasteiger partial charge in [-0.15, -0.1) is 0 Å². The lowest BCUT2D eigenvalue weighted by atomic mass is 10.3. The zero-order valence-corrected chi connectivity index (χ0v) is 8.83. The van der Waals surface area contributed by atoms with Crippen molar-refractivity contribution in [2.45, 2.75) is 19.9 Å². The van der Waals surface area contributed by atoms with E-state index in [1.54, 1.807) is 6.20 Å². The molecule has 13 heavy (non-hydrogen) atoms. The number of hydrogen-bond donors (Lipinski definition) is 3. The van der Waals surface area contributed by atoms with Crippen LogP contribution in [0.1, 0.15) is 13.8 Å². The smallest absolute Gasteiger partial charge is 0.198 e. The van der Waals surface area contributed by atoms with E-state index in [4.69, 9.17) is 12.2 Å². The number of rotatable bonds is 3. The highest BCUT2D eigenvalue weighted by Gasteiger charge is 2.01. The van der Waals surface area contributed by atoms with E-state index >= 15 is 0 Å². The van der Waals surface area contributed by atoms with Gasteiger partial charge in [-0.05, 0) is 26.1 Å². The molecule has 0 saturated heterocycles. The Hall–Kier alpha value is -1.10. The number of H-pyrrole nitrogens is 1. The lowest BCUT2D eigenvalue weighted by Gasteiger charge is -2.13. The van der Waals surface area contributed by atoms with Crippen LogP contribution in [0.25, 0.3) is 0 Å². The summed E-state index contributed by atoms with van der Waals surface area (Å²) in [5, 5.41) is 6.27. The van der Waals surface area contributed by atoms with Gasteiger partial charge in [0.1, 0.15) is 5.82 Å². The number of nitrogens with zero attached hydrogens (tertiary/aromatic N) is 1. The molecular weight excluding hydrogens is 184 g/mol. The molecule has 5 heteroatoms. The van der Waals surface area contributed by atoms with Gasteiger partial charge in [-0.1, -0.05) is 0 Å². The maximum Gasteiger partial charge on any atom is 0.198 e. The van der Waals surface area contributed by atoms with Gasteiger partial charge in [-0.25, -0.2) is 4.98 Å². The van der Waals surface area contributed by atoms with Crippen LogP contribution in [0.2, 0.25) is 0 Å². The molecule has 0 saturated carbocycles. The summed E-state index contributed by atoms with van der Waals surface area (Å²) >= 11 is 4.93. The maximum atomic E-state index is 4.93. The molecule has 0 atom stereocenters. The quantitative estimate of drug-likeness (QED) is 0.650. The van der Waals surface area contributed by atoms with Gasteiger partial charge in [0.15, 0.2) is 4.77 Å². The lowest BCUT2D eigenvalue weighted by molar-refractivity contribution is 0.885. The third-order valence-electron chi connectivity index (χ3n) is 1.51. The molecule has 1 aromatic rings. The second-order valence-electron chi connectivity index (χ2n) is 3.03. The van der Waals surface area contributed by atoms with Crippen LogP contribution in [0.4, 0.5) is 11.5 Å². The highest BCUT2D eigenvalue weighted by atomic mass is 32.1. The summed E-state index contributed by atoms with van der Waals surface area (Å²) in [6.45, 7) is 4.13. The molecule has 1 rings (SSSR count). The van der Waals surface area contributed by atoms with E-state index in [1.807, 2.05) is 7.05 Å². The van der Waals surface area contributed by atoms with E-state index in [2.05, 4.69) is 34.4 Å². The van der Waals surface area contributed by atoms with Crippen molar-refractivity contribution in [3.05, 3.63) is 11.0 Å². The standard InChI is InChI=1S/C8H14N4S/c1-5(2)11-7-6(9-3)4-10-8(13)12-7/h4-5,9H,1-3H3,(H2,10,11,12,13). The first-order valence-electron chi connectivity index (χ1n) is 4.17. The Bertz CT molecular complexity index is 331. The van der Waals surface area contributed by atoms with Crippen molar-refractivity contribution in [3.63, 3.8) is 0 Å². The van der Waals surface area contributed by atoms with Gasteiger partial charge in [0.2, 0.25) is 0 Å². The normalized spacial score (nSPS) is 10.2. The minimum atomic E-state index is 0.361. The molecule has 0 fully saturated rings. The van der Waals surface area contributed by atoms with Crippen LogP contribution < -0.4 is 10.6 Å². The van der Waals surface area contributed by atoms with Gasteiger partial charge in [-0.2, -0.15) is 0 Å². The van der Waals surface area contributed by atoms with E-state index in [-0.39, 0.29) is 0 Å². The third kappa shape index (κ3) is 2.69. The first-order valence-corrected chi connectivity index (χ1v) is 4.58. The third-order valence-corrected chi connectivity index (χ3v) is 1.72. The number of anilines is 2. The zero-order chi connectivity index (χ0) is 9.84. The average molecular weight is 198 g/mol. The Morgan fingerprint density at radius 3 is 2.77 bits per heavy atom. The summed E-state index contributed by atoms with van der Waals surface area (Å²) in [7, 11) is 1.85.